The molecule has 0 amide bonds. The first-order valence-corrected chi connectivity index (χ1v) is 13.3. The maximum absolute atomic E-state index is 5.90. The molecule has 0 atom stereocenters. The molecule has 0 saturated heterocycles. The third-order valence-electron chi connectivity index (χ3n) is 4.05. The molecule has 0 saturated carbocycles. The van der Waals surface area contributed by atoms with E-state index in [-0.39, 0.29) is 0 Å². The third kappa shape index (κ3) is 4.72. The molecule has 26 heavy (non-hydrogen) atoms. The van der Waals surface area contributed by atoms with Gasteiger partial charge in [0.15, 0.2) is 0 Å². The fourth-order valence-electron chi connectivity index (χ4n) is 2.62. The molecule has 138 valence electrons. The van der Waals surface area contributed by atoms with Gasteiger partial charge in [0.25, 0.3) is 0 Å². The SMILES string of the molecule is Cc1nc(Nc2ccccc2)c2c(Br)c(COCC[Si](C)(C)C)[nH]c2n1. The van der Waals surface area contributed by atoms with Crippen LogP contribution in [0.25, 0.3) is 11.0 Å². The Balaban J connectivity index is 1.84. The van der Waals surface area contributed by atoms with Crippen LogP contribution in [0.5, 0.6) is 0 Å². The number of benzene rings is 1. The molecule has 0 spiro atoms. The Kier molecular flexibility index (Phi) is 5.79. The van der Waals surface area contributed by atoms with E-state index in [4.69, 9.17) is 4.74 Å². The van der Waals surface area contributed by atoms with Crippen molar-refractivity contribution in [2.24, 2.45) is 0 Å². The number of aromatic amines is 1. The number of aryl methyl sites for hydroxylation is 1. The lowest BCUT2D eigenvalue weighted by atomic mass is 10.3. The Morgan fingerprint density at radius 1 is 1.15 bits per heavy atom. The van der Waals surface area contributed by atoms with Crippen LogP contribution in [-0.2, 0) is 11.3 Å². The highest BCUT2D eigenvalue weighted by Gasteiger charge is 2.17. The van der Waals surface area contributed by atoms with Gasteiger partial charge < -0.3 is 15.0 Å². The summed E-state index contributed by atoms with van der Waals surface area (Å²) in [6, 6.07) is 11.2. The third-order valence-corrected chi connectivity index (χ3v) is 6.63. The molecule has 2 aromatic heterocycles. The van der Waals surface area contributed by atoms with Crippen LogP contribution in [0, 0.1) is 6.92 Å². The fraction of sp³-hybridized carbons (Fsp3) is 0.368. The number of anilines is 2. The van der Waals surface area contributed by atoms with E-state index >= 15 is 0 Å². The van der Waals surface area contributed by atoms with Gasteiger partial charge in [-0.05, 0) is 41.0 Å². The van der Waals surface area contributed by atoms with E-state index in [9.17, 15) is 0 Å². The summed E-state index contributed by atoms with van der Waals surface area (Å²) < 4.78 is 6.86. The molecule has 7 heteroatoms. The molecular weight excluding hydrogens is 408 g/mol. The van der Waals surface area contributed by atoms with Crippen molar-refractivity contribution in [3.63, 3.8) is 0 Å². The first-order valence-electron chi connectivity index (χ1n) is 8.78. The number of hydrogen-bond acceptors (Lipinski definition) is 4. The normalized spacial score (nSPS) is 11.9. The Morgan fingerprint density at radius 2 is 1.88 bits per heavy atom. The van der Waals surface area contributed by atoms with Gasteiger partial charge in [-0.1, -0.05) is 37.8 Å². The Labute approximate surface area is 163 Å². The monoisotopic (exact) mass is 432 g/mol. The van der Waals surface area contributed by atoms with E-state index < -0.39 is 8.07 Å². The minimum atomic E-state index is -1.08. The summed E-state index contributed by atoms with van der Waals surface area (Å²) in [5.74, 6) is 1.51. The maximum atomic E-state index is 5.90. The predicted octanol–water partition coefficient (Wildman–Crippen LogP) is 5.63. The molecule has 3 aromatic rings. The van der Waals surface area contributed by atoms with Crippen molar-refractivity contribution >= 4 is 46.5 Å². The lowest BCUT2D eigenvalue weighted by molar-refractivity contribution is 0.130. The van der Waals surface area contributed by atoms with Crippen LogP contribution in [0.2, 0.25) is 25.7 Å². The zero-order valence-electron chi connectivity index (χ0n) is 15.7. The van der Waals surface area contributed by atoms with Crippen LogP contribution in [0.3, 0.4) is 0 Å². The van der Waals surface area contributed by atoms with Crippen LogP contribution >= 0.6 is 15.9 Å². The van der Waals surface area contributed by atoms with Crippen LogP contribution in [0.15, 0.2) is 34.8 Å². The summed E-state index contributed by atoms with van der Waals surface area (Å²) in [4.78, 5) is 12.5. The van der Waals surface area contributed by atoms with E-state index in [0.717, 1.165) is 51.2 Å². The number of ether oxygens (including phenoxy) is 1. The van der Waals surface area contributed by atoms with Crippen molar-refractivity contribution in [1.82, 2.24) is 15.0 Å². The summed E-state index contributed by atoms with van der Waals surface area (Å²) in [5.41, 5.74) is 2.80. The molecule has 2 N–H and O–H groups in total. The van der Waals surface area contributed by atoms with Gasteiger partial charge >= 0.3 is 0 Å². The number of fused-ring (bicyclic) bond motifs is 1. The van der Waals surface area contributed by atoms with Crippen LogP contribution < -0.4 is 5.32 Å². The average Bonchev–Trinajstić information content (AvgIpc) is 2.87. The first-order chi connectivity index (χ1) is 12.3. The summed E-state index contributed by atoms with van der Waals surface area (Å²) in [5, 5.41) is 4.34. The Bertz CT molecular complexity index is 890. The molecule has 1 aromatic carbocycles. The quantitative estimate of drug-likeness (QED) is 0.375. The minimum absolute atomic E-state index is 0.533. The number of nitrogens with zero attached hydrogens (tertiary/aromatic N) is 2. The van der Waals surface area contributed by atoms with Gasteiger partial charge in [0.05, 0.1) is 22.2 Å². The van der Waals surface area contributed by atoms with E-state index in [0.29, 0.717) is 6.61 Å². The molecule has 3 rings (SSSR count). The van der Waals surface area contributed by atoms with Crippen molar-refractivity contribution in [2.75, 3.05) is 11.9 Å². The zero-order chi connectivity index (χ0) is 18.7. The van der Waals surface area contributed by atoms with Crippen molar-refractivity contribution in [2.45, 2.75) is 39.2 Å². The van der Waals surface area contributed by atoms with E-state index in [1.54, 1.807) is 0 Å². The van der Waals surface area contributed by atoms with Gasteiger partial charge in [-0.25, -0.2) is 9.97 Å². The topological polar surface area (TPSA) is 62.8 Å². The molecule has 0 unspecified atom stereocenters. The van der Waals surface area contributed by atoms with Gasteiger partial charge in [0.1, 0.15) is 17.3 Å². The van der Waals surface area contributed by atoms with Crippen LogP contribution in [0.1, 0.15) is 11.5 Å². The van der Waals surface area contributed by atoms with Gasteiger partial charge in [-0.3, -0.25) is 0 Å². The number of hydrogen-bond donors (Lipinski definition) is 2. The highest BCUT2D eigenvalue weighted by Crippen LogP contribution is 2.33. The molecule has 2 heterocycles. The summed E-state index contributed by atoms with van der Waals surface area (Å²) in [7, 11) is -1.08. The number of para-hydroxylation sites is 1. The van der Waals surface area contributed by atoms with Crippen molar-refractivity contribution in [3.8, 4) is 0 Å². The van der Waals surface area contributed by atoms with Gasteiger partial charge in [0.2, 0.25) is 0 Å². The van der Waals surface area contributed by atoms with E-state index in [1.807, 2.05) is 37.3 Å². The van der Waals surface area contributed by atoms with E-state index in [2.05, 4.69) is 55.8 Å². The Morgan fingerprint density at radius 3 is 2.58 bits per heavy atom. The Hall–Kier alpha value is -1.70. The maximum Gasteiger partial charge on any atom is 0.144 e. The predicted molar refractivity (Wildman–Crippen MR) is 114 cm³/mol. The van der Waals surface area contributed by atoms with Gasteiger partial charge in [-0.15, -0.1) is 0 Å². The molecule has 0 radical (unpaired) electrons. The van der Waals surface area contributed by atoms with E-state index in [1.165, 1.54) is 0 Å². The molecule has 0 aliphatic rings. The van der Waals surface area contributed by atoms with Crippen molar-refractivity contribution in [1.29, 1.82) is 0 Å². The summed E-state index contributed by atoms with van der Waals surface area (Å²) >= 11 is 3.71. The lowest BCUT2D eigenvalue weighted by Gasteiger charge is -2.15. The second-order valence-corrected chi connectivity index (χ2v) is 14.0. The fourth-order valence-corrected chi connectivity index (χ4v) is 3.97. The standard InChI is InChI=1S/C19H25BrN4OSi/c1-13-21-18(23-14-8-6-5-7-9-14)16-17(20)15(24-19(16)22-13)12-25-10-11-26(2,3)4/h5-9H,10-12H2,1-4H3,(H2,21,22,23,24). The van der Waals surface area contributed by atoms with Crippen molar-refractivity contribution < 1.29 is 4.74 Å². The number of rotatable bonds is 7. The van der Waals surface area contributed by atoms with Crippen LogP contribution in [0.4, 0.5) is 11.5 Å². The van der Waals surface area contributed by atoms with Gasteiger partial charge in [0, 0.05) is 20.4 Å². The molecule has 5 nitrogen and oxygen atoms in total. The molecule has 0 bridgehead atoms. The first kappa shape index (κ1) is 19.1. The minimum Gasteiger partial charge on any atom is -0.375 e. The summed E-state index contributed by atoms with van der Waals surface area (Å²) in [6.45, 7) is 10.3. The number of nitrogens with one attached hydrogen (secondary N) is 2. The molecule has 0 fully saturated rings. The smallest absolute Gasteiger partial charge is 0.144 e. The zero-order valence-corrected chi connectivity index (χ0v) is 18.3. The molecular formula is C19H25BrN4OSi. The average molecular weight is 433 g/mol. The molecule has 0 aliphatic carbocycles. The summed E-state index contributed by atoms with van der Waals surface area (Å²) in [6.07, 6.45) is 0. The number of halogens is 1. The highest BCUT2D eigenvalue weighted by atomic mass is 79.9. The second kappa shape index (κ2) is 7.90. The second-order valence-electron chi connectivity index (χ2n) is 7.61. The number of H-pyrrole nitrogens is 1. The largest absolute Gasteiger partial charge is 0.375 e. The van der Waals surface area contributed by atoms with Crippen molar-refractivity contribution in [3.05, 3.63) is 46.3 Å². The number of aromatic nitrogens is 3. The highest BCUT2D eigenvalue weighted by molar-refractivity contribution is 9.10. The molecule has 0 aliphatic heterocycles. The lowest BCUT2D eigenvalue weighted by Crippen LogP contribution is -2.21. The van der Waals surface area contributed by atoms with Crippen LogP contribution in [-0.4, -0.2) is 29.6 Å². The van der Waals surface area contributed by atoms with Gasteiger partial charge in [-0.2, -0.15) is 0 Å².